The first-order valence-corrected chi connectivity index (χ1v) is 11.5. The SMILES string of the molecule is Cn1cnc2cc(-c3nc(N4CC5CN(C(=O)OC(C)(C)C)CC5C4)nc4nc[nH]c34)cnc21. The van der Waals surface area contributed by atoms with E-state index in [4.69, 9.17) is 14.7 Å². The number of hydrogen-bond donors (Lipinski definition) is 1. The van der Waals surface area contributed by atoms with Crippen LogP contribution in [0.4, 0.5) is 10.7 Å². The van der Waals surface area contributed by atoms with Crippen molar-refractivity contribution >= 4 is 34.4 Å². The predicted octanol–water partition coefficient (Wildman–Crippen LogP) is 2.60. The Balaban J connectivity index is 1.27. The Bertz CT molecular complexity index is 1390. The molecule has 0 bridgehead atoms. The maximum atomic E-state index is 12.5. The van der Waals surface area contributed by atoms with Gasteiger partial charge in [0.15, 0.2) is 11.3 Å². The smallest absolute Gasteiger partial charge is 0.410 e. The lowest BCUT2D eigenvalue weighted by Gasteiger charge is -2.26. The first-order valence-electron chi connectivity index (χ1n) is 11.5. The molecule has 2 aliphatic rings. The number of likely N-dealkylation sites (tertiary alicyclic amines) is 1. The summed E-state index contributed by atoms with van der Waals surface area (Å²) in [5.41, 5.74) is 4.15. The standard InChI is InChI=1S/C23H27N9O2/c1-23(2,3)34-22(33)32-9-14-7-31(8-15(14)10-32)21-28-17(18-19(29-21)26-11-25-18)13-5-16-20(24-6-13)30(4)12-27-16/h5-6,11-12,14-15H,7-10H2,1-4H3,(H,25,26,28,29). The van der Waals surface area contributed by atoms with E-state index in [0.717, 1.165) is 41.0 Å². The Kier molecular flexibility index (Phi) is 4.51. The molecule has 2 aliphatic heterocycles. The van der Waals surface area contributed by atoms with Crippen molar-refractivity contribution < 1.29 is 9.53 Å². The molecule has 0 aromatic carbocycles. The molecule has 34 heavy (non-hydrogen) atoms. The molecular formula is C23H27N9O2. The summed E-state index contributed by atoms with van der Waals surface area (Å²) in [6.07, 6.45) is 4.97. The Morgan fingerprint density at radius 3 is 2.59 bits per heavy atom. The topological polar surface area (TPSA) is 118 Å². The number of H-pyrrole nitrogens is 1. The zero-order chi connectivity index (χ0) is 23.6. The second kappa shape index (κ2) is 7.37. The Labute approximate surface area is 196 Å². The molecule has 11 nitrogen and oxygen atoms in total. The maximum absolute atomic E-state index is 12.5. The lowest BCUT2D eigenvalue weighted by atomic mass is 10.0. The van der Waals surface area contributed by atoms with Gasteiger partial charge in [0, 0.05) is 56.8 Å². The average Bonchev–Trinajstić information content (AvgIpc) is 3.54. The highest BCUT2D eigenvalue weighted by Gasteiger charge is 2.43. The summed E-state index contributed by atoms with van der Waals surface area (Å²) >= 11 is 0. The zero-order valence-corrected chi connectivity index (χ0v) is 19.7. The van der Waals surface area contributed by atoms with Crippen molar-refractivity contribution in [1.29, 1.82) is 0 Å². The lowest BCUT2D eigenvalue weighted by Crippen LogP contribution is -2.37. The van der Waals surface area contributed by atoms with E-state index in [1.807, 2.05) is 49.5 Å². The minimum absolute atomic E-state index is 0.234. The largest absolute Gasteiger partial charge is 0.444 e. The molecule has 4 aromatic rings. The van der Waals surface area contributed by atoms with Crippen molar-refractivity contribution in [2.45, 2.75) is 26.4 Å². The van der Waals surface area contributed by atoms with E-state index in [1.54, 1.807) is 12.7 Å². The summed E-state index contributed by atoms with van der Waals surface area (Å²) in [4.78, 5) is 42.8. The molecule has 0 aliphatic carbocycles. The van der Waals surface area contributed by atoms with E-state index in [0.29, 0.717) is 36.5 Å². The van der Waals surface area contributed by atoms with Crippen molar-refractivity contribution in [1.82, 2.24) is 39.4 Å². The van der Waals surface area contributed by atoms with Gasteiger partial charge in [0.1, 0.15) is 22.3 Å². The number of carbonyl (C=O) groups is 1. The Morgan fingerprint density at radius 1 is 1.09 bits per heavy atom. The van der Waals surface area contributed by atoms with Crippen molar-refractivity contribution in [2.75, 3.05) is 31.1 Å². The van der Waals surface area contributed by atoms with Crippen molar-refractivity contribution in [3.05, 3.63) is 24.9 Å². The second-order valence-electron chi connectivity index (χ2n) is 10.2. The number of pyridine rings is 1. The van der Waals surface area contributed by atoms with Gasteiger partial charge in [0.05, 0.1) is 12.7 Å². The van der Waals surface area contributed by atoms with E-state index >= 15 is 0 Å². The van der Waals surface area contributed by atoms with Crippen LogP contribution in [0, 0.1) is 11.8 Å². The lowest BCUT2D eigenvalue weighted by molar-refractivity contribution is 0.0282. The van der Waals surface area contributed by atoms with E-state index in [9.17, 15) is 4.79 Å². The average molecular weight is 462 g/mol. The van der Waals surface area contributed by atoms with Crippen LogP contribution in [0.1, 0.15) is 20.8 Å². The Morgan fingerprint density at radius 2 is 1.85 bits per heavy atom. The van der Waals surface area contributed by atoms with E-state index in [1.165, 1.54) is 0 Å². The number of fused-ring (bicyclic) bond motifs is 3. The van der Waals surface area contributed by atoms with Gasteiger partial charge < -0.3 is 24.1 Å². The van der Waals surface area contributed by atoms with Crippen LogP contribution in [0.15, 0.2) is 24.9 Å². The molecule has 0 saturated carbocycles. The first-order chi connectivity index (χ1) is 16.2. The summed E-state index contributed by atoms with van der Waals surface area (Å²) in [6.45, 7) is 8.63. The number of carbonyl (C=O) groups excluding carboxylic acids is 1. The number of aryl methyl sites for hydroxylation is 1. The number of hydrogen-bond acceptors (Lipinski definition) is 8. The number of ether oxygens (including phenoxy) is 1. The molecule has 0 radical (unpaired) electrons. The second-order valence-corrected chi connectivity index (χ2v) is 10.2. The molecule has 176 valence electrons. The molecule has 2 atom stereocenters. The molecule has 1 amide bonds. The van der Waals surface area contributed by atoms with Gasteiger partial charge in [-0.15, -0.1) is 0 Å². The van der Waals surface area contributed by atoms with Crippen LogP contribution < -0.4 is 4.90 Å². The predicted molar refractivity (Wildman–Crippen MR) is 126 cm³/mol. The first kappa shape index (κ1) is 20.8. The van der Waals surface area contributed by atoms with Gasteiger partial charge in [-0.25, -0.2) is 24.7 Å². The van der Waals surface area contributed by atoms with Gasteiger partial charge in [-0.05, 0) is 26.8 Å². The van der Waals surface area contributed by atoms with Gasteiger partial charge in [0.25, 0.3) is 0 Å². The highest BCUT2D eigenvalue weighted by Crippen LogP contribution is 2.35. The van der Waals surface area contributed by atoms with Crippen molar-refractivity contribution in [2.24, 2.45) is 18.9 Å². The zero-order valence-electron chi connectivity index (χ0n) is 19.7. The van der Waals surface area contributed by atoms with E-state index < -0.39 is 5.60 Å². The van der Waals surface area contributed by atoms with Crippen molar-refractivity contribution in [3.8, 4) is 11.3 Å². The molecule has 2 saturated heterocycles. The molecular weight excluding hydrogens is 434 g/mol. The summed E-state index contributed by atoms with van der Waals surface area (Å²) in [5.74, 6) is 1.37. The minimum atomic E-state index is -0.489. The van der Waals surface area contributed by atoms with Crippen LogP contribution in [0.2, 0.25) is 0 Å². The number of imidazole rings is 2. The fourth-order valence-electron chi connectivity index (χ4n) is 4.95. The highest BCUT2D eigenvalue weighted by atomic mass is 16.6. The van der Waals surface area contributed by atoms with Crippen LogP contribution in [-0.2, 0) is 11.8 Å². The number of amides is 1. The molecule has 2 unspecified atom stereocenters. The number of rotatable bonds is 2. The molecule has 2 fully saturated rings. The van der Waals surface area contributed by atoms with Gasteiger partial charge in [-0.1, -0.05) is 0 Å². The fourth-order valence-corrected chi connectivity index (χ4v) is 4.95. The molecule has 11 heteroatoms. The summed E-state index contributed by atoms with van der Waals surface area (Å²) in [5, 5.41) is 0. The molecule has 6 heterocycles. The maximum Gasteiger partial charge on any atom is 0.410 e. The van der Waals surface area contributed by atoms with Gasteiger partial charge >= 0.3 is 6.09 Å². The third kappa shape index (κ3) is 3.51. The summed E-state index contributed by atoms with van der Waals surface area (Å²) < 4.78 is 7.45. The van der Waals surface area contributed by atoms with Crippen LogP contribution in [0.25, 0.3) is 33.6 Å². The van der Waals surface area contributed by atoms with Crippen LogP contribution in [-0.4, -0.2) is 77.2 Å². The molecule has 4 aromatic heterocycles. The number of aromatic nitrogens is 7. The van der Waals surface area contributed by atoms with E-state index in [-0.39, 0.29) is 6.09 Å². The molecule has 6 rings (SSSR count). The van der Waals surface area contributed by atoms with Crippen LogP contribution in [0.3, 0.4) is 0 Å². The summed E-state index contributed by atoms with van der Waals surface area (Å²) in [7, 11) is 1.92. The van der Waals surface area contributed by atoms with Crippen LogP contribution >= 0.6 is 0 Å². The minimum Gasteiger partial charge on any atom is -0.444 e. The number of anilines is 1. The van der Waals surface area contributed by atoms with Gasteiger partial charge in [0.2, 0.25) is 5.95 Å². The summed E-state index contributed by atoms with van der Waals surface area (Å²) in [6, 6.07) is 1.99. The van der Waals surface area contributed by atoms with Crippen molar-refractivity contribution in [3.63, 3.8) is 0 Å². The normalized spacial score (nSPS) is 20.5. The van der Waals surface area contributed by atoms with E-state index in [2.05, 4.69) is 24.8 Å². The molecule has 0 spiro atoms. The van der Waals surface area contributed by atoms with Gasteiger partial charge in [-0.3, -0.25) is 0 Å². The number of aromatic amines is 1. The Hall–Kier alpha value is -3.76. The third-order valence-electron chi connectivity index (χ3n) is 6.52. The number of nitrogens with zero attached hydrogens (tertiary/aromatic N) is 8. The number of nitrogens with one attached hydrogen (secondary N) is 1. The third-order valence-corrected chi connectivity index (χ3v) is 6.52. The quantitative estimate of drug-likeness (QED) is 0.484. The fraction of sp³-hybridized carbons (Fsp3) is 0.478. The highest BCUT2D eigenvalue weighted by molar-refractivity contribution is 5.90. The molecule has 1 N–H and O–H groups in total. The van der Waals surface area contributed by atoms with Crippen LogP contribution in [0.5, 0.6) is 0 Å². The monoisotopic (exact) mass is 461 g/mol. The van der Waals surface area contributed by atoms with Gasteiger partial charge in [-0.2, -0.15) is 4.98 Å².